The van der Waals surface area contributed by atoms with Crippen LogP contribution in [0, 0.1) is 13.8 Å². The first kappa shape index (κ1) is 22.1. The molecule has 1 saturated heterocycles. The van der Waals surface area contributed by atoms with E-state index in [0.717, 1.165) is 55.7 Å². The van der Waals surface area contributed by atoms with Crippen LogP contribution in [0.25, 0.3) is 0 Å². The summed E-state index contributed by atoms with van der Waals surface area (Å²) in [6.07, 6.45) is 6.17. The van der Waals surface area contributed by atoms with Gasteiger partial charge in [-0.2, -0.15) is 0 Å². The van der Waals surface area contributed by atoms with E-state index in [-0.39, 0.29) is 36.3 Å². The maximum Gasteiger partial charge on any atom is 0.255 e. The Labute approximate surface area is 180 Å². The van der Waals surface area contributed by atoms with E-state index in [4.69, 9.17) is 0 Å². The summed E-state index contributed by atoms with van der Waals surface area (Å²) in [5.74, 6) is 0.332. The number of likely N-dealkylation sites (N-methyl/N-ethyl adjacent to an activating group) is 1. The Balaban J connectivity index is 0.00000240. The van der Waals surface area contributed by atoms with Gasteiger partial charge in [0.2, 0.25) is 5.91 Å². The second-order valence-corrected chi connectivity index (χ2v) is 8.93. The van der Waals surface area contributed by atoms with E-state index in [2.05, 4.69) is 36.8 Å². The molecule has 1 aromatic carbocycles. The van der Waals surface area contributed by atoms with Crippen LogP contribution in [0.1, 0.15) is 71.6 Å². The lowest BCUT2D eigenvalue weighted by Gasteiger charge is -2.37. The zero-order chi connectivity index (χ0) is 19.8. The van der Waals surface area contributed by atoms with Gasteiger partial charge in [0.15, 0.2) is 0 Å². The summed E-state index contributed by atoms with van der Waals surface area (Å²) in [7, 11) is 2.10. The van der Waals surface area contributed by atoms with Crippen LogP contribution >= 0.6 is 12.4 Å². The van der Waals surface area contributed by atoms with Crippen LogP contribution in [-0.2, 0) is 4.79 Å². The van der Waals surface area contributed by atoms with Crippen molar-refractivity contribution in [1.29, 1.82) is 0 Å². The molecule has 1 aromatic rings. The number of carbonyl (C=O) groups is 2. The van der Waals surface area contributed by atoms with Crippen molar-refractivity contribution in [2.75, 3.05) is 33.2 Å². The molecule has 0 aromatic heterocycles. The number of benzene rings is 1. The maximum absolute atomic E-state index is 13.4. The summed E-state index contributed by atoms with van der Waals surface area (Å²) in [5, 5.41) is 0. The highest BCUT2D eigenvalue weighted by Gasteiger charge is 2.42. The molecule has 2 fully saturated rings. The molecule has 1 aliphatic carbocycles. The van der Waals surface area contributed by atoms with Gasteiger partial charge in [-0.05, 0) is 56.5 Å². The highest BCUT2D eigenvalue weighted by atomic mass is 35.5. The van der Waals surface area contributed by atoms with Crippen molar-refractivity contribution < 1.29 is 9.59 Å². The van der Waals surface area contributed by atoms with Gasteiger partial charge < -0.3 is 14.7 Å². The fourth-order valence-corrected chi connectivity index (χ4v) is 5.07. The first-order valence-corrected chi connectivity index (χ1v) is 10.9. The summed E-state index contributed by atoms with van der Waals surface area (Å²) >= 11 is 0. The molecule has 0 bridgehead atoms. The molecule has 1 saturated carbocycles. The Morgan fingerprint density at radius 3 is 2.28 bits per heavy atom. The lowest BCUT2D eigenvalue weighted by atomic mass is 9.92. The normalized spacial score (nSPS) is 23.1. The van der Waals surface area contributed by atoms with Gasteiger partial charge in [-0.15, -0.1) is 12.4 Å². The predicted molar refractivity (Wildman–Crippen MR) is 118 cm³/mol. The number of halogens is 1. The maximum atomic E-state index is 13.4. The molecule has 29 heavy (non-hydrogen) atoms. The molecule has 3 aliphatic rings. The molecular formula is C23H34ClN3O2. The molecular weight excluding hydrogens is 386 g/mol. The Morgan fingerprint density at radius 1 is 1.00 bits per heavy atom. The monoisotopic (exact) mass is 419 g/mol. The van der Waals surface area contributed by atoms with Crippen LogP contribution in [0.5, 0.6) is 0 Å². The standard InChI is InChI=1S/C23H33N3O2.ClH/c1-16-13-19-20(14-17(16)2)23(28)26(18-7-5-4-6-8-18)21(19)15-22(27)25-11-9-24(3)10-12-25;/h13-14,18,21H,4-12,15H2,1-3H3;1H. The summed E-state index contributed by atoms with van der Waals surface area (Å²) in [6.45, 7) is 7.60. The fourth-order valence-electron chi connectivity index (χ4n) is 5.07. The zero-order valence-electron chi connectivity index (χ0n) is 17.9. The van der Waals surface area contributed by atoms with Gasteiger partial charge in [0.05, 0.1) is 12.5 Å². The third-order valence-corrected chi connectivity index (χ3v) is 7.02. The van der Waals surface area contributed by atoms with Gasteiger partial charge in [0.1, 0.15) is 0 Å². The number of aryl methyl sites for hydroxylation is 2. The molecule has 0 radical (unpaired) electrons. The largest absolute Gasteiger partial charge is 0.340 e. The van der Waals surface area contributed by atoms with Crippen LogP contribution in [0.3, 0.4) is 0 Å². The topological polar surface area (TPSA) is 43.9 Å². The molecule has 5 nitrogen and oxygen atoms in total. The lowest BCUT2D eigenvalue weighted by Crippen LogP contribution is -2.48. The average Bonchev–Trinajstić information content (AvgIpc) is 2.94. The number of fused-ring (bicyclic) bond motifs is 1. The Kier molecular flexibility index (Phi) is 6.90. The molecule has 1 unspecified atom stereocenters. The number of hydrogen-bond donors (Lipinski definition) is 0. The van der Waals surface area contributed by atoms with E-state index in [1.165, 1.54) is 24.8 Å². The highest BCUT2D eigenvalue weighted by molar-refractivity contribution is 6.00. The molecule has 2 amide bonds. The minimum atomic E-state index is -0.0999. The minimum Gasteiger partial charge on any atom is -0.340 e. The highest BCUT2D eigenvalue weighted by Crippen LogP contribution is 2.42. The zero-order valence-corrected chi connectivity index (χ0v) is 18.8. The molecule has 160 valence electrons. The van der Waals surface area contributed by atoms with E-state index in [1.807, 2.05) is 11.0 Å². The first-order valence-electron chi connectivity index (χ1n) is 10.9. The van der Waals surface area contributed by atoms with E-state index in [0.29, 0.717) is 6.42 Å². The smallest absolute Gasteiger partial charge is 0.255 e. The average molecular weight is 420 g/mol. The Hall–Kier alpha value is -1.59. The molecule has 2 heterocycles. The molecule has 0 spiro atoms. The van der Waals surface area contributed by atoms with Gasteiger partial charge in [-0.3, -0.25) is 9.59 Å². The number of rotatable bonds is 3. The van der Waals surface area contributed by atoms with Crippen molar-refractivity contribution in [3.63, 3.8) is 0 Å². The Morgan fingerprint density at radius 2 is 1.62 bits per heavy atom. The number of hydrogen-bond acceptors (Lipinski definition) is 3. The lowest BCUT2D eigenvalue weighted by molar-refractivity contribution is -0.134. The van der Waals surface area contributed by atoms with Gasteiger partial charge in [0, 0.05) is 37.8 Å². The summed E-state index contributed by atoms with van der Waals surface area (Å²) in [6, 6.07) is 4.38. The van der Waals surface area contributed by atoms with Crippen molar-refractivity contribution in [2.45, 2.75) is 64.5 Å². The van der Waals surface area contributed by atoms with Crippen molar-refractivity contribution in [3.05, 3.63) is 34.4 Å². The van der Waals surface area contributed by atoms with Gasteiger partial charge in [0.25, 0.3) is 5.91 Å². The second kappa shape index (κ2) is 9.05. The van der Waals surface area contributed by atoms with Crippen molar-refractivity contribution >= 4 is 24.2 Å². The van der Waals surface area contributed by atoms with Gasteiger partial charge in [-0.1, -0.05) is 25.3 Å². The van der Waals surface area contributed by atoms with Crippen LogP contribution < -0.4 is 0 Å². The van der Waals surface area contributed by atoms with Crippen LogP contribution in [0.15, 0.2) is 12.1 Å². The van der Waals surface area contributed by atoms with E-state index in [1.54, 1.807) is 0 Å². The SMILES string of the molecule is Cc1cc2c(cc1C)C(CC(=O)N1CCN(C)CC1)N(C1CCCCC1)C2=O.Cl. The summed E-state index contributed by atoms with van der Waals surface area (Å²) < 4.78 is 0. The quantitative estimate of drug-likeness (QED) is 0.749. The number of carbonyl (C=O) groups excluding carboxylic acids is 2. The molecule has 6 heteroatoms. The van der Waals surface area contributed by atoms with Crippen molar-refractivity contribution in [3.8, 4) is 0 Å². The van der Waals surface area contributed by atoms with Gasteiger partial charge in [-0.25, -0.2) is 0 Å². The van der Waals surface area contributed by atoms with E-state index < -0.39 is 0 Å². The Bertz CT molecular complexity index is 768. The van der Waals surface area contributed by atoms with Gasteiger partial charge >= 0.3 is 0 Å². The van der Waals surface area contributed by atoms with Crippen molar-refractivity contribution in [2.24, 2.45) is 0 Å². The third kappa shape index (κ3) is 4.31. The van der Waals surface area contributed by atoms with E-state index in [9.17, 15) is 9.59 Å². The van der Waals surface area contributed by atoms with E-state index >= 15 is 0 Å². The number of piperazine rings is 1. The summed E-state index contributed by atoms with van der Waals surface area (Å²) in [4.78, 5) is 32.8. The molecule has 1 atom stereocenters. The number of nitrogens with zero attached hydrogens (tertiary/aromatic N) is 3. The van der Waals surface area contributed by atoms with Crippen LogP contribution in [0.4, 0.5) is 0 Å². The van der Waals surface area contributed by atoms with Crippen LogP contribution in [0.2, 0.25) is 0 Å². The summed E-state index contributed by atoms with van der Waals surface area (Å²) in [5.41, 5.74) is 4.25. The minimum absolute atomic E-state index is 0. The second-order valence-electron chi connectivity index (χ2n) is 8.93. The fraction of sp³-hybridized carbons (Fsp3) is 0.652. The molecule has 2 aliphatic heterocycles. The molecule has 4 rings (SSSR count). The first-order chi connectivity index (χ1) is 13.5. The van der Waals surface area contributed by atoms with Crippen LogP contribution in [-0.4, -0.2) is 65.8 Å². The molecule has 0 N–H and O–H groups in total. The predicted octanol–water partition coefficient (Wildman–Crippen LogP) is 3.72. The number of amides is 2. The third-order valence-electron chi connectivity index (χ3n) is 7.02. The van der Waals surface area contributed by atoms with Crippen molar-refractivity contribution in [1.82, 2.24) is 14.7 Å².